The number of hydrogen-bond acceptors (Lipinski definition) is 6. The molecule has 0 bridgehead atoms. The van der Waals surface area contributed by atoms with Crippen LogP contribution in [0.4, 0.5) is 0 Å². The Hall–Kier alpha value is -3.15. The third kappa shape index (κ3) is 59.7. The van der Waals surface area contributed by atoms with Gasteiger partial charge in [-0.2, -0.15) is 0 Å². The highest BCUT2D eigenvalue weighted by atomic mass is 16.6. The fourth-order valence-corrected chi connectivity index (χ4v) is 9.17. The molecular weight excluding hydrogens is 913 g/mol. The minimum atomic E-state index is -0.787. The van der Waals surface area contributed by atoms with Gasteiger partial charge in [0.2, 0.25) is 0 Å². The zero-order chi connectivity index (χ0) is 53.6. The van der Waals surface area contributed by atoms with Crippen LogP contribution in [0.2, 0.25) is 0 Å². The number of carbonyl (C=O) groups excluding carboxylic acids is 3. The van der Waals surface area contributed by atoms with E-state index < -0.39 is 6.10 Å². The molecule has 0 aliphatic carbocycles. The molecule has 0 aromatic heterocycles. The normalized spacial score (nSPS) is 12.5. The van der Waals surface area contributed by atoms with Crippen LogP contribution in [0, 0.1) is 0 Å². The molecule has 0 aliphatic rings. The van der Waals surface area contributed by atoms with Crippen molar-refractivity contribution in [2.75, 3.05) is 13.2 Å². The molecule has 0 aromatic carbocycles. The predicted octanol–water partition coefficient (Wildman–Crippen LogP) is 21.7. The van der Waals surface area contributed by atoms with E-state index in [0.29, 0.717) is 19.3 Å². The van der Waals surface area contributed by atoms with Gasteiger partial charge >= 0.3 is 17.9 Å². The van der Waals surface area contributed by atoms with Gasteiger partial charge in [0.25, 0.3) is 0 Å². The number of esters is 3. The van der Waals surface area contributed by atoms with E-state index in [4.69, 9.17) is 14.2 Å². The number of hydrogen-bond donors (Lipinski definition) is 0. The highest BCUT2D eigenvalue weighted by Gasteiger charge is 2.19. The lowest BCUT2D eigenvalue weighted by Crippen LogP contribution is -2.30. The molecule has 0 radical (unpaired) electrons. The summed E-state index contributed by atoms with van der Waals surface area (Å²) in [5.74, 6) is -0.887. The van der Waals surface area contributed by atoms with Crippen molar-refractivity contribution >= 4 is 17.9 Å². The largest absolute Gasteiger partial charge is 0.462 e. The van der Waals surface area contributed by atoms with Gasteiger partial charge in [-0.3, -0.25) is 14.4 Å². The minimum absolute atomic E-state index is 0.0811. The predicted molar refractivity (Wildman–Crippen MR) is 321 cm³/mol. The van der Waals surface area contributed by atoms with Gasteiger partial charge < -0.3 is 14.2 Å². The van der Waals surface area contributed by atoms with Crippen molar-refractivity contribution in [1.29, 1.82) is 0 Å². The van der Waals surface area contributed by atoms with E-state index >= 15 is 0 Å². The van der Waals surface area contributed by atoms with Crippen molar-refractivity contribution in [1.82, 2.24) is 0 Å². The van der Waals surface area contributed by atoms with E-state index in [9.17, 15) is 14.4 Å². The Kier molecular flexibility index (Phi) is 59.7. The summed E-state index contributed by atoms with van der Waals surface area (Å²) in [6.45, 7) is 6.53. The Morgan fingerprint density at radius 2 is 0.527 bits per heavy atom. The molecule has 0 aromatic rings. The summed E-state index contributed by atoms with van der Waals surface area (Å²) < 4.78 is 16.9. The summed E-state index contributed by atoms with van der Waals surface area (Å²) in [5.41, 5.74) is 0. The van der Waals surface area contributed by atoms with Gasteiger partial charge in [0.05, 0.1) is 0 Å². The Bertz CT molecular complexity index is 1370. The number of allylic oxidation sites excluding steroid dienone is 12. The van der Waals surface area contributed by atoms with Gasteiger partial charge in [-0.25, -0.2) is 0 Å². The fraction of sp³-hybridized carbons (Fsp3) is 0.779. The zero-order valence-corrected chi connectivity index (χ0v) is 49.1. The standard InChI is InChI=1S/C68H120O6/c1-4-7-10-13-16-19-22-25-28-31-33-35-37-40-43-46-49-52-55-58-61-67(70)73-64-65(63-72-66(69)60-57-54-51-48-45-42-39-36-30-27-24-21-18-15-12-9-6-3)74-68(71)62-59-56-53-50-47-44-41-38-34-32-29-26-23-20-17-14-11-8-5-2/h8,11,17-18,20-21,26-27,29-30,34,38,65H,4-7,9-10,12-16,19,22-25,28,31-33,35-37,39-64H2,1-3H3/b11-8-,20-17-,21-18-,29-26-,30-27-,38-34-. The van der Waals surface area contributed by atoms with Gasteiger partial charge in [0, 0.05) is 19.3 Å². The first-order valence-corrected chi connectivity index (χ1v) is 31.9. The Balaban J connectivity index is 4.38. The molecule has 428 valence electrons. The third-order valence-electron chi connectivity index (χ3n) is 13.9. The summed E-state index contributed by atoms with van der Waals surface area (Å²) in [4.78, 5) is 38.3. The average molecular weight is 1030 g/mol. The van der Waals surface area contributed by atoms with Gasteiger partial charge in [-0.1, -0.05) is 286 Å². The molecule has 1 atom stereocenters. The van der Waals surface area contributed by atoms with E-state index in [-0.39, 0.29) is 31.1 Å². The van der Waals surface area contributed by atoms with E-state index in [2.05, 4.69) is 93.7 Å². The van der Waals surface area contributed by atoms with Crippen LogP contribution < -0.4 is 0 Å². The molecule has 0 aliphatic heterocycles. The number of unbranched alkanes of at least 4 members (excludes halogenated alkanes) is 35. The quantitative estimate of drug-likeness (QED) is 0.0261. The maximum atomic E-state index is 12.9. The molecule has 0 N–H and O–H groups in total. The third-order valence-corrected chi connectivity index (χ3v) is 13.9. The molecule has 0 fully saturated rings. The van der Waals surface area contributed by atoms with E-state index in [0.717, 1.165) is 109 Å². The lowest BCUT2D eigenvalue weighted by Gasteiger charge is -2.18. The first-order chi connectivity index (χ1) is 36.5. The SMILES string of the molecule is CC/C=C\C/C=C\C/C=C\C/C=C\CCCCCCCCC(=O)OC(COC(=O)CCCCCCCCC/C=C\C/C=C\CCCCC)COC(=O)CCCCCCCCCCCCCCCCCCCCCC. The molecule has 0 saturated carbocycles. The number of carbonyl (C=O) groups is 3. The molecule has 74 heavy (non-hydrogen) atoms. The van der Waals surface area contributed by atoms with Crippen LogP contribution in [0.1, 0.15) is 323 Å². The van der Waals surface area contributed by atoms with Crippen molar-refractivity contribution in [2.45, 2.75) is 329 Å². The second kappa shape index (κ2) is 62.4. The van der Waals surface area contributed by atoms with Crippen LogP contribution in [0.25, 0.3) is 0 Å². The van der Waals surface area contributed by atoms with Gasteiger partial charge in [-0.15, -0.1) is 0 Å². The topological polar surface area (TPSA) is 78.9 Å². The van der Waals surface area contributed by atoms with Crippen molar-refractivity contribution in [3.05, 3.63) is 72.9 Å². The van der Waals surface area contributed by atoms with Crippen molar-refractivity contribution < 1.29 is 28.6 Å². The van der Waals surface area contributed by atoms with E-state index in [1.54, 1.807) is 0 Å². The van der Waals surface area contributed by atoms with Crippen molar-refractivity contribution in [2.24, 2.45) is 0 Å². The number of ether oxygens (including phenoxy) is 3. The average Bonchev–Trinajstić information content (AvgIpc) is 3.40. The molecule has 0 saturated heterocycles. The van der Waals surface area contributed by atoms with Gasteiger partial charge in [-0.05, 0) is 89.9 Å². The monoisotopic (exact) mass is 1030 g/mol. The molecule has 0 rings (SSSR count). The molecule has 6 heteroatoms. The Morgan fingerprint density at radius 3 is 0.851 bits per heavy atom. The summed E-state index contributed by atoms with van der Waals surface area (Å²) in [6, 6.07) is 0. The molecule has 0 spiro atoms. The summed E-state index contributed by atoms with van der Waals surface area (Å²) >= 11 is 0. The lowest BCUT2D eigenvalue weighted by molar-refractivity contribution is -0.167. The first-order valence-electron chi connectivity index (χ1n) is 31.9. The lowest BCUT2D eigenvalue weighted by atomic mass is 10.0. The van der Waals surface area contributed by atoms with Gasteiger partial charge in [0.15, 0.2) is 6.10 Å². The second-order valence-electron chi connectivity index (χ2n) is 21.3. The maximum Gasteiger partial charge on any atom is 0.306 e. The highest BCUT2D eigenvalue weighted by molar-refractivity contribution is 5.71. The smallest absolute Gasteiger partial charge is 0.306 e. The molecular formula is C68H120O6. The maximum absolute atomic E-state index is 12.9. The molecule has 1 unspecified atom stereocenters. The minimum Gasteiger partial charge on any atom is -0.462 e. The van der Waals surface area contributed by atoms with Crippen LogP contribution >= 0.6 is 0 Å². The Morgan fingerprint density at radius 1 is 0.284 bits per heavy atom. The van der Waals surface area contributed by atoms with Crippen LogP contribution in [0.5, 0.6) is 0 Å². The molecule has 6 nitrogen and oxygen atoms in total. The number of rotatable bonds is 58. The van der Waals surface area contributed by atoms with E-state index in [1.807, 2.05) is 0 Å². The van der Waals surface area contributed by atoms with Crippen LogP contribution in [-0.4, -0.2) is 37.2 Å². The summed E-state index contributed by atoms with van der Waals surface area (Å²) in [5, 5.41) is 0. The van der Waals surface area contributed by atoms with E-state index in [1.165, 1.54) is 173 Å². The van der Waals surface area contributed by atoms with Crippen LogP contribution in [0.3, 0.4) is 0 Å². The fourth-order valence-electron chi connectivity index (χ4n) is 9.17. The zero-order valence-electron chi connectivity index (χ0n) is 49.1. The summed E-state index contributed by atoms with van der Waals surface area (Å²) in [7, 11) is 0. The first kappa shape index (κ1) is 70.8. The summed E-state index contributed by atoms with van der Waals surface area (Å²) in [6.07, 6.45) is 80.4. The second-order valence-corrected chi connectivity index (χ2v) is 21.3. The Labute approximate surface area is 459 Å². The molecule has 0 heterocycles. The van der Waals surface area contributed by atoms with Crippen LogP contribution in [-0.2, 0) is 28.6 Å². The van der Waals surface area contributed by atoms with Gasteiger partial charge in [0.1, 0.15) is 13.2 Å². The van der Waals surface area contributed by atoms with Crippen molar-refractivity contribution in [3.63, 3.8) is 0 Å². The highest BCUT2D eigenvalue weighted by Crippen LogP contribution is 2.17. The van der Waals surface area contributed by atoms with Crippen LogP contribution in [0.15, 0.2) is 72.9 Å². The van der Waals surface area contributed by atoms with Crippen molar-refractivity contribution in [3.8, 4) is 0 Å². The molecule has 0 amide bonds.